The van der Waals surface area contributed by atoms with Gasteiger partial charge in [0.1, 0.15) is 4.21 Å². The largest absolute Gasteiger partial charge is 0.394 e. The topological polar surface area (TPSA) is 66.4 Å². The van der Waals surface area contributed by atoms with Crippen LogP contribution >= 0.6 is 27.3 Å². The molecular formula is C10H16BrNO3S2. The summed E-state index contributed by atoms with van der Waals surface area (Å²) in [5.41, 5.74) is -0.852. The fourth-order valence-electron chi connectivity index (χ4n) is 1.13. The van der Waals surface area contributed by atoms with Gasteiger partial charge in [0.15, 0.2) is 0 Å². The van der Waals surface area contributed by atoms with Crippen molar-refractivity contribution < 1.29 is 13.5 Å². The highest BCUT2D eigenvalue weighted by Gasteiger charge is 2.33. The Balaban J connectivity index is 3.01. The number of nitrogens with one attached hydrogen (secondary N) is 1. The molecule has 7 heteroatoms. The molecule has 0 saturated heterocycles. The van der Waals surface area contributed by atoms with E-state index in [1.165, 1.54) is 6.07 Å². The molecule has 4 nitrogen and oxygen atoms in total. The molecule has 1 unspecified atom stereocenters. The first-order valence-electron chi connectivity index (χ1n) is 5.11. The third-order valence-electron chi connectivity index (χ3n) is 2.78. The van der Waals surface area contributed by atoms with Crippen molar-refractivity contribution >= 4 is 37.3 Å². The third kappa shape index (κ3) is 3.51. The lowest BCUT2D eigenvalue weighted by Crippen LogP contribution is -2.52. The van der Waals surface area contributed by atoms with E-state index in [1.54, 1.807) is 13.0 Å². The number of hydrogen-bond acceptors (Lipinski definition) is 4. The Kier molecular flexibility index (Phi) is 4.76. The number of hydrogen-bond donors (Lipinski definition) is 2. The summed E-state index contributed by atoms with van der Waals surface area (Å²) >= 11 is 4.37. The lowest BCUT2D eigenvalue weighted by atomic mass is 9.91. The molecule has 0 bridgehead atoms. The van der Waals surface area contributed by atoms with Crippen LogP contribution in [0, 0.1) is 5.92 Å². The van der Waals surface area contributed by atoms with E-state index in [2.05, 4.69) is 20.7 Å². The van der Waals surface area contributed by atoms with Crippen LogP contribution < -0.4 is 4.72 Å². The van der Waals surface area contributed by atoms with Gasteiger partial charge in [0.05, 0.1) is 15.9 Å². The number of sulfonamides is 1. The van der Waals surface area contributed by atoms with Crippen molar-refractivity contribution in [2.75, 3.05) is 6.61 Å². The molecule has 0 spiro atoms. The van der Waals surface area contributed by atoms with E-state index < -0.39 is 15.6 Å². The van der Waals surface area contributed by atoms with E-state index in [0.717, 1.165) is 15.1 Å². The summed E-state index contributed by atoms with van der Waals surface area (Å²) in [6.07, 6.45) is 0. The SMILES string of the molecule is CC(C)C(C)(CO)NS(=O)(=O)c1ccc(Br)s1. The second-order valence-electron chi connectivity index (χ2n) is 4.39. The summed E-state index contributed by atoms with van der Waals surface area (Å²) in [6.45, 7) is 5.18. The van der Waals surface area contributed by atoms with Gasteiger partial charge < -0.3 is 5.11 Å². The minimum atomic E-state index is -3.58. The first kappa shape index (κ1) is 15.1. The maximum atomic E-state index is 12.1. The Labute approximate surface area is 114 Å². The summed E-state index contributed by atoms with van der Waals surface area (Å²) in [6, 6.07) is 3.22. The second kappa shape index (κ2) is 5.36. The van der Waals surface area contributed by atoms with Gasteiger partial charge in [0.25, 0.3) is 10.0 Å². The zero-order chi connectivity index (χ0) is 13.3. The third-order valence-corrected chi connectivity index (χ3v) is 6.51. The smallest absolute Gasteiger partial charge is 0.250 e. The van der Waals surface area contributed by atoms with E-state index in [0.29, 0.717) is 0 Å². The molecule has 0 radical (unpaired) electrons. The normalized spacial score (nSPS) is 16.1. The van der Waals surface area contributed by atoms with Gasteiger partial charge in [0, 0.05) is 0 Å². The molecule has 0 aliphatic rings. The molecular weight excluding hydrogens is 326 g/mol. The second-order valence-corrected chi connectivity index (χ2v) is 8.77. The van der Waals surface area contributed by atoms with Crippen LogP contribution in [0.4, 0.5) is 0 Å². The molecule has 0 saturated carbocycles. The molecule has 1 atom stereocenters. The number of aliphatic hydroxyl groups is 1. The van der Waals surface area contributed by atoms with Crippen LogP contribution in [0.2, 0.25) is 0 Å². The van der Waals surface area contributed by atoms with Gasteiger partial charge in [0.2, 0.25) is 0 Å². The molecule has 0 aliphatic carbocycles. The predicted octanol–water partition coefficient (Wildman–Crippen LogP) is 2.20. The highest BCUT2D eigenvalue weighted by atomic mass is 79.9. The monoisotopic (exact) mass is 341 g/mol. The van der Waals surface area contributed by atoms with Crippen molar-refractivity contribution in [3.05, 3.63) is 15.9 Å². The van der Waals surface area contributed by atoms with Crippen LogP contribution in [0.15, 0.2) is 20.1 Å². The van der Waals surface area contributed by atoms with E-state index in [9.17, 15) is 13.5 Å². The van der Waals surface area contributed by atoms with Crippen LogP contribution in [-0.4, -0.2) is 25.7 Å². The van der Waals surface area contributed by atoms with Crippen molar-refractivity contribution in [1.82, 2.24) is 4.72 Å². The van der Waals surface area contributed by atoms with E-state index in [1.807, 2.05) is 13.8 Å². The van der Waals surface area contributed by atoms with Crippen LogP contribution in [0.5, 0.6) is 0 Å². The van der Waals surface area contributed by atoms with Crippen molar-refractivity contribution in [1.29, 1.82) is 0 Å². The molecule has 0 amide bonds. The lowest BCUT2D eigenvalue weighted by Gasteiger charge is -2.32. The molecule has 2 N–H and O–H groups in total. The van der Waals surface area contributed by atoms with Crippen molar-refractivity contribution in [3.8, 4) is 0 Å². The minimum absolute atomic E-state index is 0.00863. The van der Waals surface area contributed by atoms with Crippen LogP contribution in [0.25, 0.3) is 0 Å². The highest BCUT2D eigenvalue weighted by molar-refractivity contribution is 9.11. The van der Waals surface area contributed by atoms with Gasteiger partial charge >= 0.3 is 0 Å². The zero-order valence-electron chi connectivity index (χ0n) is 9.90. The molecule has 0 aliphatic heterocycles. The number of thiophene rings is 1. The van der Waals surface area contributed by atoms with E-state index >= 15 is 0 Å². The van der Waals surface area contributed by atoms with Crippen molar-refractivity contribution in [2.45, 2.75) is 30.5 Å². The Morgan fingerprint density at radius 3 is 2.47 bits per heavy atom. The Morgan fingerprint density at radius 1 is 1.53 bits per heavy atom. The fraction of sp³-hybridized carbons (Fsp3) is 0.600. The predicted molar refractivity (Wildman–Crippen MR) is 72.7 cm³/mol. The maximum absolute atomic E-state index is 12.1. The zero-order valence-corrected chi connectivity index (χ0v) is 13.1. The van der Waals surface area contributed by atoms with E-state index in [4.69, 9.17) is 0 Å². The number of rotatable bonds is 5. The first-order chi connectivity index (χ1) is 7.71. The summed E-state index contributed by atoms with van der Waals surface area (Å²) in [5, 5.41) is 9.34. The standard InChI is InChI=1S/C10H16BrNO3S2/c1-7(2)10(3,6-13)12-17(14,15)9-5-4-8(11)16-9/h4-5,7,12-13H,6H2,1-3H3. The van der Waals surface area contributed by atoms with Crippen LogP contribution in [0.3, 0.4) is 0 Å². The summed E-state index contributed by atoms with van der Waals surface area (Å²) in [4.78, 5) is 0. The van der Waals surface area contributed by atoms with Gasteiger partial charge in [-0.1, -0.05) is 13.8 Å². The van der Waals surface area contributed by atoms with Crippen LogP contribution in [0.1, 0.15) is 20.8 Å². The summed E-state index contributed by atoms with van der Waals surface area (Å²) in [7, 11) is -3.58. The molecule has 1 aromatic heterocycles. The lowest BCUT2D eigenvalue weighted by molar-refractivity contribution is 0.155. The van der Waals surface area contributed by atoms with Gasteiger partial charge in [-0.05, 0) is 40.9 Å². The first-order valence-corrected chi connectivity index (χ1v) is 8.21. The van der Waals surface area contributed by atoms with Crippen LogP contribution in [-0.2, 0) is 10.0 Å². The molecule has 1 heterocycles. The number of halogens is 1. The molecule has 17 heavy (non-hydrogen) atoms. The van der Waals surface area contributed by atoms with Gasteiger partial charge in [-0.15, -0.1) is 11.3 Å². The minimum Gasteiger partial charge on any atom is -0.394 e. The van der Waals surface area contributed by atoms with Crippen molar-refractivity contribution in [2.24, 2.45) is 5.92 Å². The average molecular weight is 342 g/mol. The molecule has 1 rings (SSSR count). The molecule has 1 aromatic rings. The highest BCUT2D eigenvalue weighted by Crippen LogP contribution is 2.28. The van der Waals surface area contributed by atoms with Crippen molar-refractivity contribution in [3.63, 3.8) is 0 Å². The summed E-state index contributed by atoms with van der Waals surface area (Å²) < 4.78 is 27.7. The van der Waals surface area contributed by atoms with E-state index in [-0.39, 0.29) is 16.7 Å². The van der Waals surface area contributed by atoms with Gasteiger partial charge in [-0.2, -0.15) is 0 Å². The fourth-order valence-corrected chi connectivity index (χ4v) is 4.67. The average Bonchev–Trinajstić information content (AvgIpc) is 2.64. The van der Waals surface area contributed by atoms with Gasteiger partial charge in [-0.3, -0.25) is 0 Å². The number of aliphatic hydroxyl groups excluding tert-OH is 1. The Hall–Kier alpha value is 0.0500. The van der Waals surface area contributed by atoms with Gasteiger partial charge in [-0.25, -0.2) is 13.1 Å². The maximum Gasteiger partial charge on any atom is 0.250 e. The Bertz CT molecular complexity index is 483. The molecule has 0 aromatic carbocycles. The molecule has 98 valence electrons. The molecule has 0 fully saturated rings. The Morgan fingerprint density at radius 2 is 2.12 bits per heavy atom. The summed E-state index contributed by atoms with van der Waals surface area (Å²) in [5.74, 6) is -0.00863. The quantitative estimate of drug-likeness (QED) is 0.862.